The van der Waals surface area contributed by atoms with E-state index in [0.29, 0.717) is 5.56 Å². The number of pyridine rings is 1. The predicted octanol–water partition coefficient (Wildman–Crippen LogP) is 0.955. The van der Waals surface area contributed by atoms with Gasteiger partial charge in [0.25, 0.3) is 5.91 Å². The largest absolute Gasteiger partial charge is 0.505 e. The van der Waals surface area contributed by atoms with Crippen molar-refractivity contribution in [3.63, 3.8) is 0 Å². The molecule has 0 aromatic carbocycles. The Morgan fingerprint density at radius 3 is 2.72 bits per heavy atom. The van der Waals surface area contributed by atoms with Crippen LogP contribution in [0.2, 0.25) is 0 Å². The maximum absolute atomic E-state index is 12.2. The Hall–Kier alpha value is -1.62. The number of hydrogen-bond donors (Lipinski definition) is 1. The van der Waals surface area contributed by atoms with Crippen molar-refractivity contribution < 1.29 is 9.90 Å². The van der Waals surface area contributed by atoms with Crippen LogP contribution in [0.25, 0.3) is 0 Å². The SMILES string of the molecule is CCCN1CCN(C(=O)c2ccncc2O)CC1. The van der Waals surface area contributed by atoms with Crippen LogP contribution in [-0.4, -0.2) is 58.5 Å². The smallest absolute Gasteiger partial charge is 0.257 e. The molecule has 2 rings (SSSR count). The van der Waals surface area contributed by atoms with Crippen LogP contribution in [-0.2, 0) is 0 Å². The van der Waals surface area contributed by atoms with E-state index in [9.17, 15) is 9.90 Å². The maximum atomic E-state index is 12.2. The van der Waals surface area contributed by atoms with Crippen LogP contribution in [0.3, 0.4) is 0 Å². The van der Waals surface area contributed by atoms with Crippen LogP contribution in [0.5, 0.6) is 5.75 Å². The van der Waals surface area contributed by atoms with Crippen molar-refractivity contribution in [3.05, 3.63) is 24.0 Å². The molecule has 1 amide bonds. The lowest BCUT2D eigenvalue weighted by Gasteiger charge is -2.34. The standard InChI is InChI=1S/C13H19N3O2/c1-2-5-15-6-8-16(9-7-15)13(18)11-3-4-14-10-12(11)17/h3-4,10,17H,2,5-9H2,1H3. The molecule has 1 N–H and O–H groups in total. The fourth-order valence-electron chi connectivity index (χ4n) is 2.23. The predicted molar refractivity (Wildman–Crippen MR) is 68.5 cm³/mol. The molecule has 98 valence electrons. The third kappa shape index (κ3) is 2.79. The summed E-state index contributed by atoms with van der Waals surface area (Å²) >= 11 is 0. The molecule has 0 radical (unpaired) electrons. The molecule has 0 unspecified atom stereocenters. The number of carbonyl (C=O) groups is 1. The second kappa shape index (κ2) is 5.82. The van der Waals surface area contributed by atoms with E-state index < -0.39 is 0 Å². The second-order valence-corrected chi connectivity index (χ2v) is 4.53. The molecule has 1 saturated heterocycles. The summed E-state index contributed by atoms with van der Waals surface area (Å²) in [5, 5.41) is 9.63. The van der Waals surface area contributed by atoms with E-state index in [1.807, 2.05) is 0 Å². The molecule has 0 bridgehead atoms. The van der Waals surface area contributed by atoms with Crippen LogP contribution in [0.15, 0.2) is 18.5 Å². The van der Waals surface area contributed by atoms with Gasteiger partial charge in [-0.15, -0.1) is 0 Å². The van der Waals surface area contributed by atoms with Gasteiger partial charge in [-0.2, -0.15) is 0 Å². The number of aromatic nitrogens is 1. The summed E-state index contributed by atoms with van der Waals surface area (Å²) in [5.41, 5.74) is 0.342. The Bertz CT molecular complexity index is 414. The first-order chi connectivity index (χ1) is 8.72. The van der Waals surface area contributed by atoms with Crippen LogP contribution in [0, 0.1) is 0 Å². The first kappa shape index (κ1) is 12.8. The van der Waals surface area contributed by atoms with E-state index in [0.717, 1.165) is 39.1 Å². The van der Waals surface area contributed by atoms with Crippen molar-refractivity contribution >= 4 is 5.91 Å². The van der Waals surface area contributed by atoms with E-state index in [1.54, 1.807) is 11.0 Å². The van der Waals surface area contributed by atoms with Crippen LogP contribution in [0.1, 0.15) is 23.7 Å². The Kier molecular flexibility index (Phi) is 4.15. The van der Waals surface area contributed by atoms with Crippen LogP contribution < -0.4 is 0 Å². The Morgan fingerprint density at radius 1 is 1.39 bits per heavy atom. The Labute approximate surface area is 107 Å². The molecule has 2 heterocycles. The Morgan fingerprint density at radius 2 is 2.11 bits per heavy atom. The fourth-order valence-corrected chi connectivity index (χ4v) is 2.23. The zero-order chi connectivity index (χ0) is 13.0. The number of rotatable bonds is 3. The van der Waals surface area contributed by atoms with Crippen LogP contribution >= 0.6 is 0 Å². The van der Waals surface area contributed by atoms with Gasteiger partial charge in [0, 0.05) is 32.4 Å². The first-order valence-corrected chi connectivity index (χ1v) is 6.37. The zero-order valence-corrected chi connectivity index (χ0v) is 10.7. The summed E-state index contributed by atoms with van der Waals surface area (Å²) < 4.78 is 0. The first-order valence-electron chi connectivity index (χ1n) is 6.37. The molecule has 5 nitrogen and oxygen atoms in total. The van der Waals surface area contributed by atoms with Gasteiger partial charge in [-0.25, -0.2) is 0 Å². The highest BCUT2D eigenvalue weighted by Crippen LogP contribution is 2.17. The molecular weight excluding hydrogens is 230 g/mol. The van der Waals surface area contributed by atoms with Gasteiger partial charge in [-0.3, -0.25) is 14.7 Å². The summed E-state index contributed by atoms with van der Waals surface area (Å²) in [4.78, 5) is 20.1. The van der Waals surface area contributed by atoms with E-state index in [4.69, 9.17) is 0 Å². The van der Waals surface area contributed by atoms with Gasteiger partial charge in [0.1, 0.15) is 5.75 Å². The van der Waals surface area contributed by atoms with Crippen molar-refractivity contribution in [2.24, 2.45) is 0 Å². The summed E-state index contributed by atoms with van der Waals surface area (Å²) in [6.45, 7) is 6.51. The van der Waals surface area contributed by atoms with Gasteiger partial charge >= 0.3 is 0 Å². The molecule has 1 aliphatic heterocycles. The average molecular weight is 249 g/mol. The molecule has 18 heavy (non-hydrogen) atoms. The van der Waals surface area contributed by atoms with Gasteiger partial charge in [0.2, 0.25) is 0 Å². The summed E-state index contributed by atoms with van der Waals surface area (Å²) in [7, 11) is 0. The van der Waals surface area contributed by atoms with E-state index in [-0.39, 0.29) is 11.7 Å². The van der Waals surface area contributed by atoms with Crippen molar-refractivity contribution in [1.29, 1.82) is 0 Å². The summed E-state index contributed by atoms with van der Waals surface area (Å²) in [6, 6.07) is 1.57. The topological polar surface area (TPSA) is 56.7 Å². The average Bonchev–Trinajstić information content (AvgIpc) is 2.40. The summed E-state index contributed by atoms with van der Waals surface area (Å²) in [6.07, 6.45) is 3.97. The van der Waals surface area contributed by atoms with Gasteiger partial charge in [0.05, 0.1) is 11.8 Å². The normalized spacial score (nSPS) is 16.8. The lowest BCUT2D eigenvalue weighted by atomic mass is 10.2. The third-order valence-corrected chi connectivity index (χ3v) is 3.23. The number of hydrogen-bond acceptors (Lipinski definition) is 4. The number of amides is 1. The molecule has 0 saturated carbocycles. The molecule has 0 aliphatic carbocycles. The number of piperazine rings is 1. The minimum Gasteiger partial charge on any atom is -0.505 e. The molecule has 5 heteroatoms. The maximum Gasteiger partial charge on any atom is 0.257 e. The van der Waals surface area contributed by atoms with E-state index >= 15 is 0 Å². The van der Waals surface area contributed by atoms with Gasteiger partial charge < -0.3 is 10.0 Å². The third-order valence-electron chi connectivity index (χ3n) is 3.23. The quantitative estimate of drug-likeness (QED) is 0.866. The van der Waals surface area contributed by atoms with Gasteiger partial charge in [-0.05, 0) is 19.0 Å². The van der Waals surface area contributed by atoms with Crippen molar-refractivity contribution in [3.8, 4) is 5.75 Å². The molecule has 1 fully saturated rings. The van der Waals surface area contributed by atoms with Gasteiger partial charge in [0.15, 0.2) is 0 Å². The summed E-state index contributed by atoms with van der Waals surface area (Å²) in [5.74, 6) is -0.149. The van der Waals surface area contributed by atoms with Crippen LogP contribution in [0.4, 0.5) is 0 Å². The molecule has 0 atom stereocenters. The highest BCUT2D eigenvalue weighted by atomic mass is 16.3. The number of carbonyl (C=O) groups excluding carboxylic acids is 1. The highest BCUT2D eigenvalue weighted by molar-refractivity contribution is 5.96. The van der Waals surface area contributed by atoms with Crippen molar-refractivity contribution in [2.75, 3.05) is 32.7 Å². The lowest BCUT2D eigenvalue weighted by Crippen LogP contribution is -2.48. The second-order valence-electron chi connectivity index (χ2n) is 4.53. The molecule has 1 aromatic rings. The molecule has 1 aromatic heterocycles. The van der Waals surface area contributed by atoms with E-state index in [2.05, 4.69) is 16.8 Å². The number of nitrogens with zero attached hydrogens (tertiary/aromatic N) is 3. The van der Waals surface area contributed by atoms with E-state index in [1.165, 1.54) is 12.4 Å². The van der Waals surface area contributed by atoms with Crippen molar-refractivity contribution in [2.45, 2.75) is 13.3 Å². The molecular formula is C13H19N3O2. The zero-order valence-electron chi connectivity index (χ0n) is 10.7. The number of aromatic hydroxyl groups is 1. The fraction of sp³-hybridized carbons (Fsp3) is 0.538. The monoisotopic (exact) mass is 249 g/mol. The molecule has 0 spiro atoms. The molecule has 1 aliphatic rings. The van der Waals surface area contributed by atoms with Gasteiger partial charge in [-0.1, -0.05) is 6.92 Å². The minimum atomic E-state index is -0.106. The van der Waals surface area contributed by atoms with Crippen molar-refractivity contribution in [1.82, 2.24) is 14.8 Å². The minimum absolute atomic E-state index is 0.0431. The highest BCUT2D eigenvalue weighted by Gasteiger charge is 2.23. The lowest BCUT2D eigenvalue weighted by molar-refractivity contribution is 0.0634. The Balaban J connectivity index is 1.98.